The second kappa shape index (κ2) is 5.56. The standard InChI is InChI=1S/C14H15FN2O2/c1-2-10-4-5-11(19-10)8-17-9-3-6-13(15)12(7-9)14(16)18/h3-7,17H,2,8H2,1H3,(H2,16,18). The molecule has 3 N–H and O–H groups in total. The number of carbonyl (C=O) groups excluding carboxylic acids is 1. The van der Waals surface area contributed by atoms with Crippen LogP contribution in [-0.4, -0.2) is 5.91 Å². The van der Waals surface area contributed by atoms with E-state index in [0.717, 1.165) is 17.9 Å². The van der Waals surface area contributed by atoms with Gasteiger partial charge in [0.25, 0.3) is 5.91 Å². The van der Waals surface area contributed by atoms with E-state index in [1.165, 1.54) is 12.1 Å². The average Bonchev–Trinajstić information content (AvgIpc) is 2.85. The summed E-state index contributed by atoms with van der Waals surface area (Å²) < 4.78 is 18.8. The van der Waals surface area contributed by atoms with E-state index in [4.69, 9.17) is 10.2 Å². The first-order valence-electron chi connectivity index (χ1n) is 6.01. The Balaban J connectivity index is 2.07. The third-order valence-corrected chi connectivity index (χ3v) is 2.76. The Hall–Kier alpha value is -2.30. The van der Waals surface area contributed by atoms with E-state index in [0.29, 0.717) is 12.2 Å². The maximum Gasteiger partial charge on any atom is 0.251 e. The summed E-state index contributed by atoms with van der Waals surface area (Å²) in [6, 6.07) is 7.94. The first-order chi connectivity index (χ1) is 9.10. The molecule has 0 aliphatic rings. The summed E-state index contributed by atoms with van der Waals surface area (Å²) in [5.41, 5.74) is 5.58. The van der Waals surface area contributed by atoms with Gasteiger partial charge in [-0.05, 0) is 30.3 Å². The topological polar surface area (TPSA) is 68.3 Å². The summed E-state index contributed by atoms with van der Waals surface area (Å²) in [5, 5.41) is 3.05. The summed E-state index contributed by atoms with van der Waals surface area (Å²) in [6.07, 6.45) is 0.836. The van der Waals surface area contributed by atoms with Gasteiger partial charge in [0.05, 0.1) is 12.1 Å². The number of hydrogen-bond donors (Lipinski definition) is 2. The Labute approximate surface area is 110 Å². The number of hydrogen-bond acceptors (Lipinski definition) is 3. The van der Waals surface area contributed by atoms with Gasteiger partial charge in [-0.1, -0.05) is 6.92 Å². The van der Waals surface area contributed by atoms with Gasteiger partial charge >= 0.3 is 0 Å². The van der Waals surface area contributed by atoms with Crippen LogP contribution >= 0.6 is 0 Å². The molecule has 19 heavy (non-hydrogen) atoms. The smallest absolute Gasteiger partial charge is 0.251 e. The second-order valence-electron chi connectivity index (χ2n) is 4.13. The van der Waals surface area contributed by atoms with Crippen LogP contribution < -0.4 is 11.1 Å². The van der Waals surface area contributed by atoms with E-state index in [1.807, 2.05) is 19.1 Å². The van der Waals surface area contributed by atoms with Gasteiger partial charge in [-0.2, -0.15) is 0 Å². The van der Waals surface area contributed by atoms with Crippen molar-refractivity contribution in [2.24, 2.45) is 5.73 Å². The lowest BCUT2D eigenvalue weighted by molar-refractivity contribution is 0.0996. The molecule has 2 rings (SSSR count). The van der Waals surface area contributed by atoms with Gasteiger partial charge in [0.2, 0.25) is 0 Å². The van der Waals surface area contributed by atoms with Gasteiger partial charge < -0.3 is 15.5 Å². The molecular weight excluding hydrogens is 247 g/mol. The molecule has 2 aromatic rings. The van der Waals surface area contributed by atoms with Crippen LogP contribution in [0.1, 0.15) is 28.8 Å². The van der Waals surface area contributed by atoms with Crippen molar-refractivity contribution in [3.63, 3.8) is 0 Å². The number of rotatable bonds is 5. The number of nitrogens with one attached hydrogen (secondary N) is 1. The maximum atomic E-state index is 13.3. The van der Waals surface area contributed by atoms with Gasteiger partial charge in [0.1, 0.15) is 17.3 Å². The SMILES string of the molecule is CCc1ccc(CNc2ccc(F)c(C(N)=O)c2)o1. The average molecular weight is 262 g/mol. The lowest BCUT2D eigenvalue weighted by Crippen LogP contribution is -2.13. The third kappa shape index (κ3) is 3.13. The van der Waals surface area contributed by atoms with Gasteiger partial charge in [0.15, 0.2) is 0 Å². The lowest BCUT2D eigenvalue weighted by Gasteiger charge is -2.06. The van der Waals surface area contributed by atoms with Gasteiger partial charge in [-0.15, -0.1) is 0 Å². The van der Waals surface area contributed by atoms with Crippen LogP contribution in [0.3, 0.4) is 0 Å². The van der Waals surface area contributed by atoms with Crippen molar-refractivity contribution < 1.29 is 13.6 Å². The van der Waals surface area contributed by atoms with Crippen LogP contribution in [0.25, 0.3) is 0 Å². The van der Waals surface area contributed by atoms with Gasteiger partial charge in [-0.25, -0.2) is 4.39 Å². The maximum absolute atomic E-state index is 13.3. The highest BCUT2D eigenvalue weighted by molar-refractivity contribution is 5.94. The molecule has 5 heteroatoms. The lowest BCUT2D eigenvalue weighted by atomic mass is 10.2. The zero-order valence-electron chi connectivity index (χ0n) is 10.6. The molecule has 0 fully saturated rings. The molecule has 0 radical (unpaired) electrons. The molecule has 0 saturated heterocycles. The summed E-state index contributed by atoms with van der Waals surface area (Å²) >= 11 is 0. The Kier molecular flexibility index (Phi) is 3.85. The highest BCUT2D eigenvalue weighted by Gasteiger charge is 2.09. The zero-order valence-corrected chi connectivity index (χ0v) is 10.6. The fourth-order valence-electron chi connectivity index (χ4n) is 1.72. The van der Waals surface area contributed by atoms with Gasteiger partial charge in [-0.3, -0.25) is 4.79 Å². The van der Waals surface area contributed by atoms with E-state index in [1.54, 1.807) is 6.07 Å². The van der Waals surface area contributed by atoms with Crippen molar-refractivity contribution in [2.45, 2.75) is 19.9 Å². The molecule has 100 valence electrons. The van der Waals surface area contributed by atoms with E-state index in [9.17, 15) is 9.18 Å². The molecule has 1 heterocycles. The van der Waals surface area contributed by atoms with Crippen LogP contribution in [0.2, 0.25) is 0 Å². The number of primary amides is 1. The van der Waals surface area contributed by atoms with Crippen LogP contribution in [0.4, 0.5) is 10.1 Å². The largest absolute Gasteiger partial charge is 0.464 e. The molecule has 0 saturated carbocycles. The summed E-state index contributed by atoms with van der Waals surface area (Å²) in [4.78, 5) is 11.0. The van der Waals surface area contributed by atoms with Crippen LogP contribution in [0.5, 0.6) is 0 Å². The Bertz CT molecular complexity index is 593. The highest BCUT2D eigenvalue weighted by Crippen LogP contribution is 2.16. The Morgan fingerprint density at radius 2 is 2.05 bits per heavy atom. The molecular formula is C14H15FN2O2. The number of carbonyl (C=O) groups is 1. The Morgan fingerprint density at radius 1 is 1.32 bits per heavy atom. The number of benzene rings is 1. The fourth-order valence-corrected chi connectivity index (χ4v) is 1.72. The van der Waals surface area contributed by atoms with Crippen molar-refractivity contribution >= 4 is 11.6 Å². The van der Waals surface area contributed by atoms with Crippen molar-refractivity contribution in [1.82, 2.24) is 0 Å². The number of furan rings is 1. The minimum absolute atomic E-state index is 0.126. The van der Waals surface area contributed by atoms with Crippen molar-refractivity contribution in [2.75, 3.05) is 5.32 Å². The van der Waals surface area contributed by atoms with E-state index >= 15 is 0 Å². The predicted octanol–water partition coefficient (Wildman–Crippen LogP) is 2.69. The molecule has 1 aromatic heterocycles. The minimum Gasteiger partial charge on any atom is -0.464 e. The van der Waals surface area contributed by atoms with Crippen molar-refractivity contribution in [3.05, 3.63) is 53.2 Å². The molecule has 0 aliphatic heterocycles. The molecule has 0 bridgehead atoms. The molecule has 4 nitrogen and oxygen atoms in total. The Morgan fingerprint density at radius 3 is 2.68 bits per heavy atom. The molecule has 0 atom stereocenters. The van der Waals surface area contributed by atoms with Crippen molar-refractivity contribution in [1.29, 1.82) is 0 Å². The number of halogens is 1. The number of nitrogens with two attached hydrogens (primary N) is 1. The first kappa shape index (κ1) is 13.1. The van der Waals surface area contributed by atoms with E-state index in [-0.39, 0.29) is 5.56 Å². The van der Waals surface area contributed by atoms with Gasteiger partial charge in [0, 0.05) is 12.1 Å². The molecule has 1 aromatic carbocycles. The summed E-state index contributed by atoms with van der Waals surface area (Å²) in [5.74, 6) is 0.285. The minimum atomic E-state index is -0.785. The van der Waals surface area contributed by atoms with Crippen LogP contribution in [0.15, 0.2) is 34.7 Å². The quantitative estimate of drug-likeness (QED) is 0.870. The molecule has 0 spiro atoms. The zero-order chi connectivity index (χ0) is 13.8. The first-order valence-corrected chi connectivity index (χ1v) is 6.01. The highest BCUT2D eigenvalue weighted by atomic mass is 19.1. The molecule has 0 unspecified atom stereocenters. The predicted molar refractivity (Wildman–Crippen MR) is 70.3 cm³/mol. The van der Waals surface area contributed by atoms with Crippen molar-refractivity contribution in [3.8, 4) is 0 Å². The number of amides is 1. The van der Waals surface area contributed by atoms with E-state index < -0.39 is 11.7 Å². The molecule has 1 amide bonds. The summed E-state index contributed by atoms with van der Waals surface area (Å²) in [7, 11) is 0. The third-order valence-electron chi connectivity index (χ3n) is 2.76. The van der Waals surface area contributed by atoms with Crippen LogP contribution in [-0.2, 0) is 13.0 Å². The normalized spacial score (nSPS) is 10.4. The van der Waals surface area contributed by atoms with Crippen LogP contribution in [0, 0.1) is 5.82 Å². The summed E-state index contributed by atoms with van der Waals surface area (Å²) in [6.45, 7) is 2.47. The fraction of sp³-hybridized carbons (Fsp3) is 0.214. The van der Waals surface area contributed by atoms with E-state index in [2.05, 4.69) is 5.32 Å². The molecule has 0 aliphatic carbocycles. The monoisotopic (exact) mass is 262 g/mol. The number of aryl methyl sites for hydroxylation is 1. The number of anilines is 1. The second-order valence-corrected chi connectivity index (χ2v) is 4.13.